The molecule has 0 aliphatic carbocycles. The number of aromatic nitrogens is 2. The Morgan fingerprint density at radius 1 is 1.69 bits per heavy atom. The van der Waals surface area contributed by atoms with Crippen LogP contribution in [0.4, 0.5) is 0 Å². The van der Waals surface area contributed by atoms with Crippen molar-refractivity contribution in [3.63, 3.8) is 0 Å². The smallest absolute Gasteiger partial charge is 0.282 e. The van der Waals surface area contributed by atoms with Crippen LogP contribution in [0.25, 0.3) is 0 Å². The summed E-state index contributed by atoms with van der Waals surface area (Å²) in [5.41, 5.74) is 0.879. The van der Waals surface area contributed by atoms with E-state index in [2.05, 4.69) is 22.1 Å². The van der Waals surface area contributed by atoms with E-state index in [0.717, 1.165) is 16.9 Å². The fraction of sp³-hybridized carbons (Fsp3) is 0.286. The highest BCUT2D eigenvalue weighted by Crippen LogP contribution is 2.14. The van der Waals surface area contributed by atoms with Crippen molar-refractivity contribution in [3.05, 3.63) is 21.6 Å². The normalized spacial score (nSPS) is 9.69. The Bertz CT molecular complexity index is 336. The van der Waals surface area contributed by atoms with Gasteiger partial charge in [0.05, 0.1) is 0 Å². The van der Waals surface area contributed by atoms with Crippen LogP contribution in [0.5, 0.6) is 0 Å². The first-order valence-corrected chi connectivity index (χ1v) is 4.70. The fourth-order valence-electron chi connectivity index (χ4n) is 0.604. The Morgan fingerprint density at radius 2 is 2.38 bits per heavy atom. The van der Waals surface area contributed by atoms with Crippen molar-refractivity contribution < 1.29 is 4.79 Å². The topological polar surface area (TPSA) is 54.9 Å². The first kappa shape index (κ1) is 10.1. The molecule has 0 aromatic carbocycles. The van der Waals surface area contributed by atoms with Gasteiger partial charge in [0.1, 0.15) is 0 Å². The summed E-state index contributed by atoms with van der Waals surface area (Å²) in [6, 6.07) is 0. The Hall–Kier alpha value is -0.940. The largest absolute Gasteiger partial charge is 0.346 e. The summed E-state index contributed by atoms with van der Waals surface area (Å²) in [6.07, 6.45) is 0. The van der Waals surface area contributed by atoms with Gasteiger partial charge >= 0.3 is 0 Å². The maximum absolute atomic E-state index is 11.3. The minimum atomic E-state index is -0.271. The van der Waals surface area contributed by atoms with Gasteiger partial charge in [0.25, 0.3) is 5.91 Å². The summed E-state index contributed by atoms with van der Waals surface area (Å²) in [4.78, 5) is 11.3. The molecule has 0 spiro atoms. The molecule has 0 saturated carbocycles. The third-order valence-corrected chi connectivity index (χ3v) is 2.16. The highest BCUT2D eigenvalue weighted by molar-refractivity contribution is 7.17. The van der Waals surface area contributed by atoms with Gasteiger partial charge < -0.3 is 5.32 Å². The van der Waals surface area contributed by atoms with Crippen LogP contribution in [0.3, 0.4) is 0 Å². The van der Waals surface area contributed by atoms with Gasteiger partial charge in [-0.25, -0.2) is 0 Å². The number of rotatable bonds is 3. The zero-order valence-electron chi connectivity index (χ0n) is 7.00. The third kappa shape index (κ3) is 3.12. The molecule has 1 aromatic heterocycles. The van der Waals surface area contributed by atoms with Crippen LogP contribution in [0.1, 0.15) is 16.7 Å². The van der Waals surface area contributed by atoms with Crippen molar-refractivity contribution >= 4 is 28.8 Å². The third-order valence-electron chi connectivity index (χ3n) is 1.15. The summed E-state index contributed by atoms with van der Waals surface area (Å²) in [5, 5.41) is 10.00. The maximum Gasteiger partial charge on any atom is 0.282 e. The Morgan fingerprint density at radius 3 is 2.85 bits per heavy atom. The Balaban J connectivity index is 2.54. The molecule has 0 aliphatic heterocycles. The second-order valence-corrected chi connectivity index (χ2v) is 4.06. The van der Waals surface area contributed by atoms with E-state index in [1.54, 1.807) is 0 Å². The van der Waals surface area contributed by atoms with Gasteiger partial charge in [-0.2, -0.15) is 0 Å². The molecule has 13 heavy (non-hydrogen) atoms. The number of nitrogens with one attached hydrogen (secondary N) is 1. The van der Waals surface area contributed by atoms with Gasteiger partial charge in [0, 0.05) is 6.54 Å². The van der Waals surface area contributed by atoms with Crippen molar-refractivity contribution in [1.29, 1.82) is 0 Å². The number of nitrogens with zero attached hydrogens (tertiary/aromatic N) is 2. The van der Waals surface area contributed by atoms with Crippen molar-refractivity contribution in [2.75, 3.05) is 6.54 Å². The van der Waals surface area contributed by atoms with E-state index in [-0.39, 0.29) is 15.4 Å². The standard InChI is InChI=1S/C7H8ClN3OS/c1-4(2)3-9-5(12)6-10-11-7(8)13-6/h1,3H2,2H3,(H,9,12). The van der Waals surface area contributed by atoms with Crippen LogP contribution < -0.4 is 5.32 Å². The Kier molecular flexibility index (Phi) is 3.39. The Labute approximate surface area is 84.6 Å². The average Bonchev–Trinajstić information content (AvgIpc) is 2.47. The van der Waals surface area contributed by atoms with Gasteiger partial charge in [0.2, 0.25) is 9.47 Å². The first-order valence-electron chi connectivity index (χ1n) is 3.51. The van der Waals surface area contributed by atoms with Crippen molar-refractivity contribution in [2.45, 2.75) is 6.92 Å². The van der Waals surface area contributed by atoms with Gasteiger partial charge in [-0.1, -0.05) is 23.5 Å². The van der Waals surface area contributed by atoms with E-state index < -0.39 is 0 Å². The number of amides is 1. The molecule has 1 aromatic rings. The minimum absolute atomic E-state index is 0.264. The first-order chi connectivity index (χ1) is 6.09. The number of halogens is 1. The number of hydrogen-bond donors (Lipinski definition) is 1. The lowest BCUT2D eigenvalue weighted by Gasteiger charge is -1.99. The average molecular weight is 218 g/mol. The summed E-state index contributed by atoms with van der Waals surface area (Å²) < 4.78 is 0.264. The highest BCUT2D eigenvalue weighted by atomic mass is 35.5. The lowest BCUT2D eigenvalue weighted by molar-refractivity contribution is 0.0956. The van der Waals surface area contributed by atoms with Gasteiger partial charge in [-0.3, -0.25) is 4.79 Å². The van der Waals surface area contributed by atoms with Crippen molar-refractivity contribution in [3.8, 4) is 0 Å². The minimum Gasteiger partial charge on any atom is -0.346 e. The molecular formula is C7H8ClN3OS. The van der Waals surface area contributed by atoms with E-state index in [1.165, 1.54) is 0 Å². The van der Waals surface area contributed by atoms with Crippen LogP contribution in [-0.2, 0) is 0 Å². The maximum atomic E-state index is 11.3. The van der Waals surface area contributed by atoms with Crippen LogP contribution in [0.2, 0.25) is 4.47 Å². The molecule has 0 atom stereocenters. The van der Waals surface area contributed by atoms with Crippen LogP contribution in [0, 0.1) is 0 Å². The molecule has 0 bridgehead atoms. The van der Waals surface area contributed by atoms with Crippen molar-refractivity contribution in [2.24, 2.45) is 0 Å². The SMILES string of the molecule is C=C(C)CNC(=O)c1nnc(Cl)s1. The molecule has 1 heterocycles. The van der Waals surface area contributed by atoms with Gasteiger partial charge in [-0.15, -0.1) is 10.2 Å². The molecule has 70 valence electrons. The molecular weight excluding hydrogens is 210 g/mol. The van der Waals surface area contributed by atoms with Crippen LogP contribution in [-0.4, -0.2) is 22.6 Å². The quantitative estimate of drug-likeness (QED) is 0.781. The van der Waals surface area contributed by atoms with E-state index in [9.17, 15) is 4.79 Å². The second kappa shape index (κ2) is 4.34. The molecule has 4 nitrogen and oxygen atoms in total. The molecule has 0 aliphatic rings. The molecule has 1 amide bonds. The fourth-order valence-corrected chi connectivity index (χ4v) is 1.35. The summed E-state index contributed by atoms with van der Waals surface area (Å²) >= 11 is 6.56. The zero-order valence-corrected chi connectivity index (χ0v) is 8.58. The molecule has 0 saturated heterocycles. The zero-order chi connectivity index (χ0) is 9.84. The summed E-state index contributed by atoms with van der Waals surface area (Å²) in [5.74, 6) is -0.271. The summed E-state index contributed by atoms with van der Waals surface area (Å²) in [7, 11) is 0. The summed E-state index contributed by atoms with van der Waals surface area (Å²) in [6.45, 7) is 5.92. The second-order valence-electron chi connectivity index (χ2n) is 2.50. The molecule has 1 N–H and O–H groups in total. The lowest BCUT2D eigenvalue weighted by atomic mass is 10.3. The van der Waals surface area contributed by atoms with E-state index in [1.807, 2.05) is 6.92 Å². The van der Waals surface area contributed by atoms with Crippen LogP contribution in [0.15, 0.2) is 12.2 Å². The monoisotopic (exact) mass is 217 g/mol. The van der Waals surface area contributed by atoms with E-state index >= 15 is 0 Å². The highest BCUT2D eigenvalue weighted by Gasteiger charge is 2.10. The molecule has 0 radical (unpaired) electrons. The molecule has 0 fully saturated rings. The molecule has 0 unspecified atom stereocenters. The lowest BCUT2D eigenvalue weighted by Crippen LogP contribution is -2.24. The van der Waals surface area contributed by atoms with E-state index in [4.69, 9.17) is 11.6 Å². The number of carbonyl (C=O) groups is 1. The molecule has 6 heteroatoms. The van der Waals surface area contributed by atoms with Crippen molar-refractivity contribution in [1.82, 2.24) is 15.5 Å². The predicted octanol–water partition coefficient (Wildman–Crippen LogP) is 1.50. The number of hydrogen-bond acceptors (Lipinski definition) is 4. The predicted molar refractivity (Wildman–Crippen MR) is 52.1 cm³/mol. The van der Waals surface area contributed by atoms with Gasteiger partial charge in [0.15, 0.2) is 0 Å². The number of carbonyl (C=O) groups excluding carboxylic acids is 1. The van der Waals surface area contributed by atoms with Gasteiger partial charge in [-0.05, 0) is 18.5 Å². The van der Waals surface area contributed by atoms with Crippen LogP contribution >= 0.6 is 22.9 Å². The molecule has 1 rings (SSSR count). The van der Waals surface area contributed by atoms with E-state index in [0.29, 0.717) is 6.54 Å².